The van der Waals surface area contributed by atoms with Gasteiger partial charge in [-0.2, -0.15) is 0 Å². The Labute approximate surface area is 168 Å². The number of carbonyl (C=O) groups is 2. The zero-order valence-corrected chi connectivity index (χ0v) is 16.4. The summed E-state index contributed by atoms with van der Waals surface area (Å²) in [4.78, 5) is 23.7. The molecule has 7 heteroatoms. The number of fused-ring (bicyclic) bond motifs is 1. The molecule has 0 unspecified atom stereocenters. The molecule has 0 aliphatic carbocycles. The number of amides is 2. The highest BCUT2D eigenvalue weighted by atomic mass is 32.2. The van der Waals surface area contributed by atoms with Crippen LogP contribution in [0.25, 0.3) is 0 Å². The van der Waals surface area contributed by atoms with E-state index in [1.807, 2.05) is 49.4 Å². The fourth-order valence-corrected chi connectivity index (χ4v) is 4.69. The number of imide groups is 1. The Morgan fingerprint density at radius 3 is 2.17 bits per heavy atom. The van der Waals surface area contributed by atoms with Crippen molar-refractivity contribution >= 4 is 27.5 Å². The van der Waals surface area contributed by atoms with Gasteiger partial charge in [-0.05, 0) is 42.8 Å². The first kappa shape index (κ1) is 18.9. The minimum absolute atomic E-state index is 0.0439. The van der Waals surface area contributed by atoms with Crippen LogP contribution in [-0.2, 0) is 16.6 Å². The van der Waals surface area contributed by atoms with E-state index in [-0.39, 0.29) is 22.6 Å². The van der Waals surface area contributed by atoms with Gasteiger partial charge in [-0.3, -0.25) is 19.2 Å². The number of anilines is 1. The van der Waals surface area contributed by atoms with Gasteiger partial charge in [-0.25, -0.2) is 8.42 Å². The third kappa shape index (κ3) is 3.52. The summed E-state index contributed by atoms with van der Waals surface area (Å²) >= 11 is 0. The first-order chi connectivity index (χ1) is 13.9. The molecule has 0 radical (unpaired) electrons. The van der Waals surface area contributed by atoms with Gasteiger partial charge in [-0.15, -0.1) is 0 Å². The second-order valence-corrected chi connectivity index (χ2v) is 8.69. The highest BCUT2D eigenvalue weighted by molar-refractivity contribution is 7.92. The number of nitrogens with one attached hydrogen (secondary N) is 1. The lowest BCUT2D eigenvalue weighted by Gasteiger charge is -2.25. The minimum atomic E-state index is -3.99. The van der Waals surface area contributed by atoms with Crippen LogP contribution in [0.4, 0.5) is 5.69 Å². The fourth-order valence-electron chi connectivity index (χ4n) is 3.21. The number of hydrogen-bond acceptors (Lipinski definition) is 4. The van der Waals surface area contributed by atoms with Crippen molar-refractivity contribution in [3.63, 3.8) is 0 Å². The molecule has 1 aliphatic heterocycles. The molecule has 0 fully saturated rings. The van der Waals surface area contributed by atoms with Gasteiger partial charge in [0.1, 0.15) is 0 Å². The summed E-state index contributed by atoms with van der Waals surface area (Å²) in [6.45, 7) is 2.06. The Bertz CT molecular complexity index is 1200. The molecule has 3 aromatic rings. The van der Waals surface area contributed by atoms with Crippen LogP contribution in [0.2, 0.25) is 0 Å². The zero-order chi connectivity index (χ0) is 20.6. The molecular weight excluding hydrogens is 388 g/mol. The zero-order valence-electron chi connectivity index (χ0n) is 15.6. The van der Waals surface area contributed by atoms with Crippen molar-refractivity contribution in [3.05, 3.63) is 95.1 Å². The van der Waals surface area contributed by atoms with Crippen molar-refractivity contribution in [1.82, 2.24) is 5.32 Å². The molecule has 0 atom stereocenters. The van der Waals surface area contributed by atoms with Gasteiger partial charge in [0.25, 0.3) is 21.8 Å². The topological polar surface area (TPSA) is 83.6 Å². The van der Waals surface area contributed by atoms with Crippen LogP contribution < -0.4 is 9.62 Å². The van der Waals surface area contributed by atoms with E-state index < -0.39 is 21.8 Å². The molecule has 1 heterocycles. The van der Waals surface area contributed by atoms with Crippen LogP contribution in [0, 0.1) is 6.92 Å². The van der Waals surface area contributed by atoms with Crippen LogP contribution in [0.3, 0.4) is 0 Å². The molecule has 2 amide bonds. The largest absolute Gasteiger partial charge is 0.288 e. The summed E-state index contributed by atoms with van der Waals surface area (Å²) in [6.07, 6.45) is 0. The van der Waals surface area contributed by atoms with E-state index in [0.29, 0.717) is 5.69 Å². The summed E-state index contributed by atoms with van der Waals surface area (Å²) < 4.78 is 28.3. The van der Waals surface area contributed by atoms with Crippen LogP contribution in [0.1, 0.15) is 31.8 Å². The Hall–Kier alpha value is -3.45. The third-order valence-electron chi connectivity index (χ3n) is 4.79. The van der Waals surface area contributed by atoms with E-state index in [0.717, 1.165) is 11.1 Å². The predicted molar refractivity (Wildman–Crippen MR) is 109 cm³/mol. The second kappa shape index (κ2) is 7.18. The van der Waals surface area contributed by atoms with Crippen molar-refractivity contribution in [2.45, 2.75) is 18.4 Å². The number of carbonyl (C=O) groups excluding carboxylic acids is 2. The van der Waals surface area contributed by atoms with Crippen LogP contribution >= 0.6 is 0 Å². The van der Waals surface area contributed by atoms with Gasteiger partial charge >= 0.3 is 0 Å². The molecule has 146 valence electrons. The maximum absolute atomic E-state index is 13.5. The van der Waals surface area contributed by atoms with E-state index in [2.05, 4.69) is 5.32 Å². The second-order valence-electron chi connectivity index (χ2n) is 6.82. The summed E-state index contributed by atoms with van der Waals surface area (Å²) in [5.41, 5.74) is 2.60. The van der Waals surface area contributed by atoms with E-state index in [1.54, 1.807) is 12.1 Å². The highest BCUT2D eigenvalue weighted by Crippen LogP contribution is 2.28. The molecule has 0 bridgehead atoms. The number of hydrogen-bond donors (Lipinski definition) is 1. The van der Waals surface area contributed by atoms with Gasteiger partial charge < -0.3 is 0 Å². The summed E-state index contributed by atoms with van der Waals surface area (Å²) in [5, 5.41) is 2.18. The lowest BCUT2D eigenvalue weighted by Crippen LogP contribution is -2.30. The van der Waals surface area contributed by atoms with Gasteiger partial charge in [0, 0.05) is 0 Å². The lowest BCUT2D eigenvalue weighted by molar-refractivity contribution is 0.0879. The van der Waals surface area contributed by atoms with Crippen molar-refractivity contribution < 1.29 is 18.0 Å². The number of sulfonamides is 1. The standard InChI is InChI=1S/C22H18N2O4S/c1-15-7-9-17(10-8-15)24(14-16-5-3-2-4-6-16)29(27,28)18-11-12-19-20(13-18)22(26)23-21(19)25/h2-13H,14H2,1H3,(H,23,25,26). The van der Waals surface area contributed by atoms with Crippen molar-refractivity contribution in [1.29, 1.82) is 0 Å². The SMILES string of the molecule is Cc1ccc(N(Cc2ccccc2)S(=O)(=O)c2ccc3c(c2)C(=O)NC3=O)cc1. The molecule has 6 nitrogen and oxygen atoms in total. The predicted octanol–water partition coefficient (Wildman–Crippen LogP) is 3.27. The average Bonchev–Trinajstić information content (AvgIpc) is 3.01. The smallest absolute Gasteiger partial charge is 0.264 e. The van der Waals surface area contributed by atoms with Crippen molar-refractivity contribution in [2.24, 2.45) is 0 Å². The van der Waals surface area contributed by atoms with Gasteiger partial charge in [-0.1, -0.05) is 48.0 Å². The Balaban J connectivity index is 1.81. The van der Waals surface area contributed by atoms with E-state index in [9.17, 15) is 18.0 Å². The molecule has 3 aromatic carbocycles. The molecule has 1 aliphatic rings. The first-order valence-electron chi connectivity index (χ1n) is 8.99. The summed E-state index contributed by atoms with van der Waals surface area (Å²) in [6, 6.07) is 20.4. The quantitative estimate of drug-likeness (QED) is 0.659. The molecule has 29 heavy (non-hydrogen) atoms. The van der Waals surface area contributed by atoms with Gasteiger partial charge in [0.05, 0.1) is 28.3 Å². The molecule has 0 saturated carbocycles. The molecule has 4 rings (SSSR count). The van der Waals surface area contributed by atoms with Gasteiger partial charge in [0.15, 0.2) is 0 Å². The first-order valence-corrected chi connectivity index (χ1v) is 10.4. The van der Waals surface area contributed by atoms with Crippen LogP contribution in [-0.4, -0.2) is 20.2 Å². The van der Waals surface area contributed by atoms with Gasteiger partial charge in [0.2, 0.25) is 0 Å². The maximum Gasteiger partial charge on any atom is 0.264 e. The van der Waals surface area contributed by atoms with E-state index in [1.165, 1.54) is 22.5 Å². The van der Waals surface area contributed by atoms with E-state index >= 15 is 0 Å². The monoisotopic (exact) mass is 406 g/mol. The third-order valence-corrected chi connectivity index (χ3v) is 6.56. The Morgan fingerprint density at radius 2 is 1.48 bits per heavy atom. The lowest BCUT2D eigenvalue weighted by atomic mass is 10.1. The Morgan fingerprint density at radius 1 is 0.828 bits per heavy atom. The summed E-state index contributed by atoms with van der Waals surface area (Å²) in [5.74, 6) is -1.11. The normalized spacial score (nSPS) is 13.1. The highest BCUT2D eigenvalue weighted by Gasteiger charge is 2.31. The molecule has 0 saturated heterocycles. The fraction of sp³-hybridized carbons (Fsp3) is 0.0909. The molecule has 0 spiro atoms. The van der Waals surface area contributed by atoms with Crippen molar-refractivity contribution in [3.8, 4) is 0 Å². The molecule has 1 N–H and O–H groups in total. The minimum Gasteiger partial charge on any atom is -0.288 e. The summed E-state index contributed by atoms with van der Waals surface area (Å²) in [7, 11) is -3.99. The average molecular weight is 406 g/mol. The number of rotatable bonds is 5. The number of nitrogens with zero attached hydrogens (tertiary/aromatic N) is 1. The van der Waals surface area contributed by atoms with Crippen LogP contribution in [0.15, 0.2) is 77.7 Å². The molecular formula is C22H18N2O4S. The molecule has 0 aromatic heterocycles. The maximum atomic E-state index is 13.5. The Kier molecular flexibility index (Phi) is 4.68. The number of aryl methyl sites for hydroxylation is 1. The van der Waals surface area contributed by atoms with Crippen molar-refractivity contribution in [2.75, 3.05) is 4.31 Å². The van der Waals surface area contributed by atoms with Crippen LogP contribution in [0.5, 0.6) is 0 Å². The van der Waals surface area contributed by atoms with E-state index in [4.69, 9.17) is 0 Å². The number of benzene rings is 3.